The number of carbonyl (C=O) groups is 2. The SMILES string of the molecule is O=C(OCCOCCOCCOCCOCCOCCOCCOCCOCCOCCOCCOCCOO)c1ccccc1C(=O)c1ccccc1. The van der Waals surface area contributed by atoms with Crippen molar-refractivity contribution < 1.29 is 76.6 Å². The summed E-state index contributed by atoms with van der Waals surface area (Å²) < 4.78 is 65.0. The summed E-state index contributed by atoms with van der Waals surface area (Å²) >= 11 is 0. The molecule has 54 heavy (non-hydrogen) atoms. The monoisotopic (exact) mass is 770 g/mol. The van der Waals surface area contributed by atoms with Crippen molar-refractivity contribution in [3.05, 3.63) is 71.3 Å². The largest absolute Gasteiger partial charge is 0.460 e. The number of benzene rings is 2. The molecule has 2 rings (SSSR count). The molecule has 0 amide bonds. The van der Waals surface area contributed by atoms with E-state index in [0.29, 0.717) is 150 Å². The van der Waals surface area contributed by atoms with E-state index in [1.807, 2.05) is 6.07 Å². The molecule has 0 aliphatic heterocycles. The van der Waals surface area contributed by atoms with E-state index in [9.17, 15) is 9.59 Å². The highest BCUT2D eigenvalue weighted by Gasteiger charge is 2.18. The number of rotatable bonds is 39. The van der Waals surface area contributed by atoms with Crippen molar-refractivity contribution in [2.24, 2.45) is 0 Å². The smallest absolute Gasteiger partial charge is 0.338 e. The highest BCUT2D eigenvalue weighted by molar-refractivity contribution is 6.14. The first-order chi connectivity index (χ1) is 26.7. The molecule has 0 atom stereocenters. The van der Waals surface area contributed by atoms with Crippen LogP contribution in [0.3, 0.4) is 0 Å². The lowest BCUT2D eigenvalue weighted by atomic mass is 9.98. The Morgan fingerprint density at radius 1 is 0.352 bits per heavy atom. The molecule has 0 saturated carbocycles. The molecule has 0 aromatic heterocycles. The van der Waals surface area contributed by atoms with Crippen LogP contribution in [0, 0.1) is 0 Å². The Morgan fingerprint density at radius 3 is 0.963 bits per heavy atom. The fourth-order valence-electron chi connectivity index (χ4n) is 4.27. The van der Waals surface area contributed by atoms with Crippen molar-refractivity contribution in [2.45, 2.75) is 0 Å². The summed E-state index contributed by atoms with van der Waals surface area (Å²) in [6.07, 6.45) is 0. The number of esters is 1. The van der Waals surface area contributed by atoms with Crippen molar-refractivity contribution >= 4 is 11.8 Å². The minimum Gasteiger partial charge on any atom is -0.460 e. The Labute approximate surface area is 317 Å². The Morgan fingerprint density at radius 2 is 0.630 bits per heavy atom. The summed E-state index contributed by atoms with van der Waals surface area (Å²) in [5, 5.41) is 8.15. The van der Waals surface area contributed by atoms with Gasteiger partial charge >= 0.3 is 5.97 Å². The molecule has 0 aliphatic carbocycles. The molecule has 16 heteroatoms. The van der Waals surface area contributed by atoms with Crippen molar-refractivity contribution in [1.82, 2.24) is 0 Å². The van der Waals surface area contributed by atoms with E-state index in [1.165, 1.54) is 0 Å². The summed E-state index contributed by atoms with van der Waals surface area (Å²) in [6.45, 7) is 9.82. The van der Waals surface area contributed by atoms with Crippen LogP contribution in [-0.4, -0.2) is 176 Å². The average Bonchev–Trinajstić information content (AvgIpc) is 3.20. The van der Waals surface area contributed by atoms with Crippen LogP contribution in [-0.2, 0) is 61.7 Å². The molecule has 306 valence electrons. The summed E-state index contributed by atoms with van der Waals surface area (Å²) in [7, 11) is 0. The van der Waals surface area contributed by atoms with Crippen molar-refractivity contribution in [3.63, 3.8) is 0 Å². The third-order valence-electron chi connectivity index (χ3n) is 6.93. The predicted molar refractivity (Wildman–Crippen MR) is 194 cm³/mol. The molecule has 0 unspecified atom stereocenters. The number of hydrogen-bond acceptors (Lipinski definition) is 16. The molecular formula is C38H58O16. The molecule has 0 heterocycles. The van der Waals surface area contributed by atoms with Crippen LogP contribution >= 0.6 is 0 Å². The predicted octanol–water partition coefficient (Wildman–Crippen LogP) is 2.75. The quantitative estimate of drug-likeness (QED) is 0.0345. The summed E-state index contributed by atoms with van der Waals surface area (Å²) in [4.78, 5) is 29.3. The maximum Gasteiger partial charge on any atom is 0.338 e. The summed E-state index contributed by atoms with van der Waals surface area (Å²) in [5.74, 6) is -0.809. The zero-order valence-electron chi connectivity index (χ0n) is 31.2. The fourth-order valence-corrected chi connectivity index (χ4v) is 4.27. The van der Waals surface area contributed by atoms with Crippen molar-refractivity contribution in [2.75, 3.05) is 159 Å². The minimum atomic E-state index is -0.573. The number of hydrogen-bond donors (Lipinski definition) is 1. The van der Waals surface area contributed by atoms with Gasteiger partial charge in [0.05, 0.1) is 151 Å². The molecule has 0 radical (unpaired) electrons. The topological polar surface area (TPSA) is 174 Å². The van der Waals surface area contributed by atoms with Gasteiger partial charge in [-0.1, -0.05) is 48.5 Å². The first kappa shape index (κ1) is 47.2. The van der Waals surface area contributed by atoms with E-state index in [4.69, 9.17) is 62.1 Å². The number of carbonyl (C=O) groups excluding carboxylic acids is 2. The molecular weight excluding hydrogens is 712 g/mol. The fraction of sp³-hybridized carbons (Fsp3) is 0.632. The molecule has 2 aromatic carbocycles. The van der Waals surface area contributed by atoms with E-state index in [2.05, 4.69) is 4.89 Å². The van der Waals surface area contributed by atoms with Crippen LogP contribution in [0.5, 0.6) is 0 Å². The second-order valence-electron chi connectivity index (χ2n) is 10.9. The van der Waals surface area contributed by atoms with Crippen LogP contribution in [0.4, 0.5) is 0 Å². The number of ether oxygens (including phenoxy) is 12. The Bertz CT molecular complexity index is 1160. The molecule has 0 spiro atoms. The maximum atomic E-state index is 12.8. The lowest BCUT2D eigenvalue weighted by molar-refractivity contribution is -0.249. The molecule has 0 aliphatic rings. The van der Waals surface area contributed by atoms with Crippen LogP contribution in [0.2, 0.25) is 0 Å². The highest BCUT2D eigenvalue weighted by atomic mass is 17.1. The van der Waals surface area contributed by atoms with Gasteiger partial charge in [-0.05, 0) is 6.07 Å². The Kier molecular flexibility index (Phi) is 31.3. The minimum absolute atomic E-state index is 0.0584. The second kappa shape index (κ2) is 35.7. The first-order valence-electron chi connectivity index (χ1n) is 18.2. The molecule has 0 fully saturated rings. The van der Waals surface area contributed by atoms with Gasteiger partial charge in [-0.25, -0.2) is 9.68 Å². The standard InChI is InChI=1S/C38H58O16/c39-37(34-6-2-1-3-7-34)35-8-4-5-9-36(35)38(40)53-32-30-51-28-26-49-24-22-47-20-18-45-16-14-43-12-10-42-11-13-44-15-17-46-19-21-48-23-25-50-27-29-52-31-33-54-41/h1-9,41H,10-33H2. The van der Waals surface area contributed by atoms with Crippen LogP contribution in [0.15, 0.2) is 54.6 Å². The van der Waals surface area contributed by atoms with Gasteiger partial charge in [0.2, 0.25) is 0 Å². The third kappa shape index (κ3) is 26.0. The molecule has 1 N–H and O–H groups in total. The molecule has 16 nitrogen and oxygen atoms in total. The third-order valence-corrected chi connectivity index (χ3v) is 6.93. The Balaban J connectivity index is 1.23. The van der Waals surface area contributed by atoms with E-state index in [0.717, 1.165) is 0 Å². The number of ketones is 1. The van der Waals surface area contributed by atoms with Gasteiger partial charge < -0.3 is 56.8 Å². The van der Waals surface area contributed by atoms with Gasteiger partial charge in [0.1, 0.15) is 13.2 Å². The van der Waals surface area contributed by atoms with Gasteiger partial charge in [0.25, 0.3) is 0 Å². The van der Waals surface area contributed by atoms with Gasteiger partial charge in [0.15, 0.2) is 5.78 Å². The molecule has 2 aromatic rings. The van der Waals surface area contributed by atoms with Crippen molar-refractivity contribution in [3.8, 4) is 0 Å². The van der Waals surface area contributed by atoms with Gasteiger partial charge in [-0.15, -0.1) is 0 Å². The Hall–Kier alpha value is -2.94. The maximum absolute atomic E-state index is 12.8. The van der Waals surface area contributed by atoms with Crippen LogP contribution in [0.25, 0.3) is 0 Å². The summed E-state index contributed by atoms with van der Waals surface area (Å²) in [5.41, 5.74) is 1.02. The van der Waals surface area contributed by atoms with E-state index >= 15 is 0 Å². The van der Waals surface area contributed by atoms with E-state index < -0.39 is 5.97 Å². The molecule has 0 saturated heterocycles. The van der Waals surface area contributed by atoms with Gasteiger partial charge in [-0.3, -0.25) is 10.1 Å². The highest BCUT2D eigenvalue weighted by Crippen LogP contribution is 2.16. The molecule has 0 bridgehead atoms. The second-order valence-corrected chi connectivity index (χ2v) is 10.9. The lowest BCUT2D eigenvalue weighted by Gasteiger charge is -2.10. The van der Waals surface area contributed by atoms with Gasteiger partial charge in [0, 0.05) is 11.1 Å². The van der Waals surface area contributed by atoms with Crippen LogP contribution < -0.4 is 0 Å². The zero-order chi connectivity index (χ0) is 38.4. The lowest BCUT2D eigenvalue weighted by Crippen LogP contribution is -2.16. The first-order valence-corrected chi connectivity index (χ1v) is 18.2. The zero-order valence-corrected chi connectivity index (χ0v) is 31.2. The van der Waals surface area contributed by atoms with E-state index in [-0.39, 0.29) is 31.2 Å². The van der Waals surface area contributed by atoms with Crippen LogP contribution in [0.1, 0.15) is 26.3 Å². The van der Waals surface area contributed by atoms with E-state index in [1.54, 1.807) is 48.5 Å². The average molecular weight is 771 g/mol. The normalized spacial score (nSPS) is 11.3. The van der Waals surface area contributed by atoms with Crippen molar-refractivity contribution in [1.29, 1.82) is 0 Å². The summed E-state index contributed by atoms with van der Waals surface area (Å²) in [6, 6.07) is 15.4. The van der Waals surface area contributed by atoms with Gasteiger partial charge in [-0.2, -0.15) is 0 Å².